The molecular weight excluding hydrogens is 448 g/mol. The van der Waals surface area contributed by atoms with Crippen molar-refractivity contribution in [1.29, 1.82) is 0 Å². The van der Waals surface area contributed by atoms with Gasteiger partial charge in [-0.25, -0.2) is 13.8 Å². The van der Waals surface area contributed by atoms with E-state index in [0.717, 1.165) is 24.0 Å². The molecule has 1 aliphatic rings. The van der Waals surface area contributed by atoms with Gasteiger partial charge in [-0.05, 0) is 60.4 Å². The summed E-state index contributed by atoms with van der Waals surface area (Å²) in [6, 6.07) is 16.3. The smallest absolute Gasteiger partial charge is 0.253 e. The molecule has 1 fully saturated rings. The van der Waals surface area contributed by atoms with Gasteiger partial charge in [0, 0.05) is 43.4 Å². The van der Waals surface area contributed by atoms with Gasteiger partial charge in [-0.2, -0.15) is 0 Å². The molecule has 1 aliphatic heterocycles. The molecule has 2 aromatic heterocycles. The molecule has 7 heteroatoms. The lowest BCUT2D eigenvalue weighted by Gasteiger charge is -2.31. The number of nitrogens with zero attached hydrogens (tertiary/aromatic N) is 3. The Kier molecular flexibility index (Phi) is 6.66. The van der Waals surface area contributed by atoms with Crippen molar-refractivity contribution in [2.24, 2.45) is 0 Å². The number of hydrogen-bond acceptors (Lipinski definition) is 4. The van der Waals surface area contributed by atoms with Crippen LogP contribution in [0.25, 0.3) is 0 Å². The van der Waals surface area contributed by atoms with Crippen LogP contribution in [0.1, 0.15) is 57.6 Å². The maximum Gasteiger partial charge on any atom is 0.253 e. The molecule has 5 nitrogen and oxygen atoms in total. The van der Waals surface area contributed by atoms with E-state index in [0.29, 0.717) is 48.8 Å². The van der Waals surface area contributed by atoms with E-state index in [-0.39, 0.29) is 23.5 Å². The maximum absolute atomic E-state index is 13.5. The first kappa shape index (κ1) is 22.9. The zero-order valence-electron chi connectivity index (χ0n) is 19.2. The minimum atomic E-state index is -0.292. The van der Waals surface area contributed by atoms with Crippen molar-refractivity contribution in [2.75, 3.05) is 13.1 Å². The van der Waals surface area contributed by atoms with E-state index in [4.69, 9.17) is 4.42 Å². The summed E-state index contributed by atoms with van der Waals surface area (Å²) in [4.78, 5) is 23.9. The van der Waals surface area contributed by atoms with Crippen molar-refractivity contribution in [3.63, 3.8) is 0 Å². The van der Waals surface area contributed by atoms with Crippen molar-refractivity contribution < 1.29 is 18.0 Å². The van der Waals surface area contributed by atoms with Gasteiger partial charge in [0.25, 0.3) is 5.91 Å². The van der Waals surface area contributed by atoms with Crippen molar-refractivity contribution in [3.8, 4) is 0 Å². The van der Waals surface area contributed by atoms with Gasteiger partial charge in [0.05, 0.1) is 12.1 Å². The standard InChI is InChI=1S/C28H25F2N3O2/c29-23-7-1-4-19(12-23)14-25-16-21(9-10-31-25)28(34)33-11-3-6-22(18-33)27-32-17-26(35-27)15-20-5-2-8-24(30)13-20/h1-2,4-5,7-10,12-13,16-17,22H,3,6,11,14-15,18H2/t22-/m0/s1. The third-order valence-electron chi connectivity index (χ3n) is 6.23. The molecule has 1 saturated heterocycles. The number of amides is 1. The van der Waals surface area contributed by atoms with E-state index in [1.54, 1.807) is 36.7 Å². The van der Waals surface area contributed by atoms with E-state index in [2.05, 4.69) is 9.97 Å². The summed E-state index contributed by atoms with van der Waals surface area (Å²) < 4.78 is 33.0. The topological polar surface area (TPSA) is 59.2 Å². The minimum Gasteiger partial charge on any atom is -0.445 e. The molecule has 0 N–H and O–H groups in total. The fourth-order valence-corrected chi connectivity index (χ4v) is 4.55. The molecule has 35 heavy (non-hydrogen) atoms. The average Bonchev–Trinajstić information content (AvgIpc) is 3.32. The molecule has 0 saturated carbocycles. The second-order valence-electron chi connectivity index (χ2n) is 8.90. The van der Waals surface area contributed by atoms with E-state index in [1.165, 1.54) is 24.3 Å². The van der Waals surface area contributed by atoms with Crippen LogP contribution in [0.3, 0.4) is 0 Å². The Labute approximate surface area is 202 Å². The van der Waals surface area contributed by atoms with Crippen LogP contribution < -0.4 is 0 Å². The van der Waals surface area contributed by atoms with E-state index in [1.807, 2.05) is 17.0 Å². The van der Waals surface area contributed by atoms with Crippen molar-refractivity contribution in [2.45, 2.75) is 31.6 Å². The van der Waals surface area contributed by atoms with E-state index < -0.39 is 0 Å². The summed E-state index contributed by atoms with van der Waals surface area (Å²) in [6.07, 6.45) is 5.94. The number of likely N-dealkylation sites (tertiary alicyclic amines) is 1. The first-order chi connectivity index (χ1) is 17.0. The van der Waals surface area contributed by atoms with Gasteiger partial charge in [0.15, 0.2) is 5.89 Å². The molecule has 3 heterocycles. The van der Waals surface area contributed by atoms with Crippen molar-refractivity contribution >= 4 is 5.91 Å². The summed E-state index contributed by atoms with van der Waals surface area (Å²) in [7, 11) is 0. The van der Waals surface area contributed by atoms with Crippen LogP contribution >= 0.6 is 0 Å². The predicted molar refractivity (Wildman–Crippen MR) is 127 cm³/mol. The highest BCUT2D eigenvalue weighted by atomic mass is 19.1. The maximum atomic E-state index is 13.5. The molecule has 178 valence electrons. The summed E-state index contributed by atoms with van der Waals surface area (Å²) in [6.45, 7) is 1.17. The zero-order chi connectivity index (χ0) is 24.2. The lowest BCUT2D eigenvalue weighted by atomic mass is 9.97. The van der Waals surface area contributed by atoms with Crippen LogP contribution in [0.15, 0.2) is 77.5 Å². The van der Waals surface area contributed by atoms with Gasteiger partial charge in [0.2, 0.25) is 0 Å². The molecule has 1 atom stereocenters. The summed E-state index contributed by atoms with van der Waals surface area (Å²) in [5.74, 6) is 0.644. The lowest BCUT2D eigenvalue weighted by Crippen LogP contribution is -2.39. The average molecular weight is 474 g/mol. The lowest BCUT2D eigenvalue weighted by molar-refractivity contribution is 0.0697. The highest BCUT2D eigenvalue weighted by Crippen LogP contribution is 2.28. The highest BCUT2D eigenvalue weighted by Gasteiger charge is 2.28. The van der Waals surface area contributed by atoms with Gasteiger partial charge >= 0.3 is 0 Å². The molecule has 0 aliphatic carbocycles. The fraction of sp³-hybridized carbons (Fsp3) is 0.250. The van der Waals surface area contributed by atoms with Crippen LogP contribution in [0.2, 0.25) is 0 Å². The number of benzene rings is 2. The molecule has 5 rings (SSSR count). The predicted octanol–water partition coefficient (Wildman–Crippen LogP) is 5.55. The second kappa shape index (κ2) is 10.2. The van der Waals surface area contributed by atoms with Gasteiger partial charge in [-0.1, -0.05) is 24.3 Å². The Morgan fingerprint density at radius 1 is 0.971 bits per heavy atom. The van der Waals surface area contributed by atoms with E-state index >= 15 is 0 Å². The third-order valence-corrected chi connectivity index (χ3v) is 6.23. The molecule has 2 aromatic carbocycles. The normalized spacial score (nSPS) is 15.8. The van der Waals surface area contributed by atoms with Gasteiger partial charge < -0.3 is 9.32 Å². The SMILES string of the molecule is O=C(c1ccnc(Cc2cccc(F)c2)c1)N1CCC[C@H](c2ncc(Cc3cccc(F)c3)o2)C1. The van der Waals surface area contributed by atoms with Crippen molar-refractivity contribution in [1.82, 2.24) is 14.9 Å². The quantitative estimate of drug-likeness (QED) is 0.369. The van der Waals surface area contributed by atoms with Gasteiger partial charge in [0.1, 0.15) is 17.4 Å². The number of rotatable bonds is 6. The number of aromatic nitrogens is 2. The summed E-state index contributed by atoms with van der Waals surface area (Å²) in [5.41, 5.74) is 2.90. The number of oxazole rings is 1. The molecule has 0 spiro atoms. The Hall–Kier alpha value is -3.87. The Bertz CT molecular complexity index is 1340. The monoisotopic (exact) mass is 473 g/mol. The van der Waals surface area contributed by atoms with Gasteiger partial charge in [-0.15, -0.1) is 0 Å². The molecule has 1 amide bonds. The third kappa shape index (κ3) is 5.62. The Balaban J connectivity index is 1.25. The largest absolute Gasteiger partial charge is 0.445 e. The van der Waals surface area contributed by atoms with Crippen LogP contribution in [-0.4, -0.2) is 33.9 Å². The Morgan fingerprint density at radius 3 is 2.46 bits per heavy atom. The zero-order valence-corrected chi connectivity index (χ0v) is 19.2. The molecular formula is C28H25F2N3O2. The number of halogens is 2. The number of pyridine rings is 1. The molecule has 0 bridgehead atoms. The van der Waals surface area contributed by atoms with Crippen LogP contribution in [0, 0.1) is 11.6 Å². The first-order valence-electron chi connectivity index (χ1n) is 11.7. The first-order valence-corrected chi connectivity index (χ1v) is 11.7. The summed E-state index contributed by atoms with van der Waals surface area (Å²) >= 11 is 0. The minimum absolute atomic E-state index is 0.00237. The summed E-state index contributed by atoms with van der Waals surface area (Å²) in [5, 5.41) is 0. The molecule has 0 radical (unpaired) electrons. The molecule has 0 unspecified atom stereocenters. The number of carbonyl (C=O) groups excluding carboxylic acids is 1. The highest BCUT2D eigenvalue weighted by molar-refractivity contribution is 5.94. The fourth-order valence-electron chi connectivity index (χ4n) is 4.55. The number of piperidine rings is 1. The van der Waals surface area contributed by atoms with Crippen LogP contribution in [-0.2, 0) is 12.8 Å². The van der Waals surface area contributed by atoms with Crippen LogP contribution in [0.4, 0.5) is 8.78 Å². The number of carbonyl (C=O) groups is 1. The van der Waals surface area contributed by atoms with E-state index in [9.17, 15) is 13.6 Å². The second-order valence-corrected chi connectivity index (χ2v) is 8.90. The number of hydrogen-bond donors (Lipinski definition) is 0. The van der Waals surface area contributed by atoms with Crippen molar-refractivity contribution in [3.05, 3.63) is 119 Å². The van der Waals surface area contributed by atoms with Gasteiger partial charge in [-0.3, -0.25) is 9.78 Å². The Morgan fingerprint density at radius 2 is 1.71 bits per heavy atom. The van der Waals surface area contributed by atoms with Crippen LogP contribution in [0.5, 0.6) is 0 Å². The molecule has 4 aromatic rings.